The van der Waals surface area contributed by atoms with Crippen molar-refractivity contribution in [3.63, 3.8) is 0 Å². The zero-order valence-corrected chi connectivity index (χ0v) is 7.06. The van der Waals surface area contributed by atoms with Gasteiger partial charge in [0, 0.05) is 0 Å². The second-order valence-electron chi connectivity index (χ2n) is 0.231. The largest absolute Gasteiger partial charge is 1.00 e. The van der Waals surface area contributed by atoms with Crippen molar-refractivity contribution in [3.05, 3.63) is 0 Å². The molecule has 2 N–H and O–H groups in total. The van der Waals surface area contributed by atoms with E-state index in [0.717, 1.165) is 0 Å². The first-order valence-electron chi connectivity index (χ1n) is 0.532. The molecule has 0 atom stereocenters. The summed E-state index contributed by atoms with van der Waals surface area (Å²) in [5.41, 5.74) is 0. The Kier molecular flexibility index (Phi) is 25.6. The van der Waals surface area contributed by atoms with Gasteiger partial charge in [0.05, 0.1) is 0 Å². The van der Waals surface area contributed by atoms with Crippen molar-refractivity contribution < 1.29 is 70.8 Å². The minimum atomic E-state index is -2.61. The predicted octanol–water partition coefficient (Wildman–Crippen LogP) is -3.05. The van der Waals surface area contributed by atoms with Gasteiger partial charge in [0.2, 0.25) is 0 Å². The third kappa shape index (κ3) is 45.2. The van der Waals surface area contributed by atoms with E-state index in [4.69, 9.17) is 13.3 Å². The Balaban J connectivity index is -0.0000000150. The quantitative estimate of drug-likeness (QED) is 0.279. The molecule has 0 rings (SSSR count). The fourth-order valence-electron chi connectivity index (χ4n) is 0. The minimum Gasteiger partial charge on any atom is -1.00 e. The van der Waals surface area contributed by atoms with Crippen LogP contribution >= 0.6 is 0 Å². The molecule has 3 nitrogen and oxygen atoms in total. The minimum absolute atomic E-state index is 0. The summed E-state index contributed by atoms with van der Waals surface area (Å²) in [7, 11) is 0. The van der Waals surface area contributed by atoms with Crippen LogP contribution in [0, 0.1) is 0 Å². The van der Waals surface area contributed by atoms with Crippen LogP contribution in [0.25, 0.3) is 0 Å². The molecule has 0 saturated heterocycles. The first-order chi connectivity index (χ1) is 1.73. The van der Waals surface area contributed by atoms with Gasteiger partial charge in [-0.2, -0.15) is 4.21 Å². The molecule has 0 unspecified atom stereocenters. The second kappa shape index (κ2) is 9.81. The molecule has 0 aliphatic carbocycles. The van der Waals surface area contributed by atoms with Gasteiger partial charge in [-0.1, -0.05) is 0 Å². The van der Waals surface area contributed by atoms with E-state index in [1.54, 1.807) is 0 Å². The van der Waals surface area contributed by atoms with Crippen LogP contribution in [0.4, 0.5) is 4.70 Å². The molecule has 0 saturated carbocycles. The van der Waals surface area contributed by atoms with Gasteiger partial charge in [0.1, 0.15) is 0 Å². The monoisotopic (exact) mass is 142 g/mol. The van der Waals surface area contributed by atoms with Crippen LogP contribution in [-0.4, -0.2) is 13.3 Å². The average Bonchev–Trinajstić information content (AvgIpc) is 0.811. The zero-order valence-electron chi connectivity index (χ0n) is 4.12. The van der Waals surface area contributed by atoms with Crippen LogP contribution in [0.3, 0.4) is 0 Å². The van der Waals surface area contributed by atoms with E-state index in [1.165, 1.54) is 0 Å². The van der Waals surface area contributed by atoms with Gasteiger partial charge in [-0.25, -0.2) is 0 Å². The fourth-order valence-corrected chi connectivity index (χ4v) is 0. The standard InChI is InChI=1S/FH.K.H2O3S.H/c;;1-4(2)3;/h1H;;(H2,1,2,3);/q;+1;;-1. The summed E-state index contributed by atoms with van der Waals surface area (Å²) in [6.45, 7) is 0. The van der Waals surface area contributed by atoms with Crippen LogP contribution in [0.15, 0.2) is 0 Å². The molecule has 6 heavy (non-hydrogen) atoms. The van der Waals surface area contributed by atoms with Crippen molar-refractivity contribution >= 4 is 11.4 Å². The maximum atomic E-state index is 8.67. The molecule has 0 radical (unpaired) electrons. The number of hydrogen-bond acceptors (Lipinski definition) is 1. The molecule has 6 heteroatoms. The molecular weight excluding hydrogens is 138 g/mol. The molecule has 0 aromatic rings. The van der Waals surface area contributed by atoms with Gasteiger partial charge >= 0.3 is 51.4 Å². The first-order valence-corrected chi connectivity index (χ1v) is 1.60. The SMILES string of the molecule is F.O=S(O)O.[H-].[K+]. The third-order valence-corrected chi connectivity index (χ3v) is 0. The van der Waals surface area contributed by atoms with Gasteiger partial charge in [0.25, 0.3) is 11.4 Å². The van der Waals surface area contributed by atoms with Gasteiger partial charge < -0.3 is 1.43 Å². The molecule has 0 aliphatic rings. The zero-order chi connectivity index (χ0) is 3.58. The summed E-state index contributed by atoms with van der Waals surface area (Å²) < 4.78 is 22.8. The summed E-state index contributed by atoms with van der Waals surface area (Å²) in [6, 6.07) is 0. The van der Waals surface area contributed by atoms with E-state index in [9.17, 15) is 0 Å². The Labute approximate surface area is 80.9 Å². The summed E-state index contributed by atoms with van der Waals surface area (Å²) in [6.07, 6.45) is 0. The van der Waals surface area contributed by atoms with E-state index >= 15 is 0 Å². The van der Waals surface area contributed by atoms with Gasteiger partial charge in [-0.15, -0.1) is 0 Å². The topological polar surface area (TPSA) is 57.5 Å². The molecule has 36 valence electrons. The van der Waals surface area contributed by atoms with E-state index in [1.807, 2.05) is 0 Å². The van der Waals surface area contributed by atoms with E-state index in [-0.39, 0.29) is 57.5 Å². The Hall–Kier alpha value is 1.64. The van der Waals surface area contributed by atoms with Crippen molar-refractivity contribution in [2.24, 2.45) is 0 Å². The van der Waals surface area contributed by atoms with E-state index in [2.05, 4.69) is 0 Å². The third-order valence-electron chi connectivity index (χ3n) is 0. The molecule has 0 amide bonds. The number of rotatable bonds is 0. The van der Waals surface area contributed by atoms with Crippen molar-refractivity contribution in [2.45, 2.75) is 0 Å². The fraction of sp³-hybridized carbons (Fsp3) is 0. The molecule has 0 bridgehead atoms. The van der Waals surface area contributed by atoms with Crippen LogP contribution in [0.1, 0.15) is 1.43 Å². The normalized spacial score (nSPS) is 5.83. The van der Waals surface area contributed by atoms with Gasteiger partial charge in [-0.3, -0.25) is 13.8 Å². The molecule has 0 spiro atoms. The Morgan fingerprint density at radius 3 is 1.50 bits per heavy atom. The molecule has 0 aliphatic heterocycles. The van der Waals surface area contributed by atoms with Crippen molar-refractivity contribution in [2.75, 3.05) is 0 Å². The van der Waals surface area contributed by atoms with E-state index < -0.39 is 11.4 Å². The summed E-state index contributed by atoms with van der Waals surface area (Å²) in [4.78, 5) is 0. The van der Waals surface area contributed by atoms with Crippen LogP contribution in [0.5, 0.6) is 0 Å². The van der Waals surface area contributed by atoms with Crippen LogP contribution in [-0.2, 0) is 11.4 Å². The smallest absolute Gasteiger partial charge is 1.00 e. The summed E-state index contributed by atoms with van der Waals surface area (Å²) in [5.74, 6) is 0. The van der Waals surface area contributed by atoms with Crippen molar-refractivity contribution in [1.82, 2.24) is 0 Å². The maximum Gasteiger partial charge on any atom is 1.00 e. The molecule has 0 aromatic heterocycles. The first kappa shape index (κ1) is 15.6. The number of halogens is 1. The predicted molar refractivity (Wildman–Crippen MR) is 17.0 cm³/mol. The van der Waals surface area contributed by atoms with Gasteiger partial charge in [0.15, 0.2) is 0 Å². The summed E-state index contributed by atoms with van der Waals surface area (Å²) in [5, 5.41) is 0. The van der Waals surface area contributed by atoms with Crippen LogP contribution in [0.2, 0.25) is 0 Å². The van der Waals surface area contributed by atoms with Crippen molar-refractivity contribution in [1.29, 1.82) is 0 Å². The second-order valence-corrected chi connectivity index (χ2v) is 0.692. The molecule has 0 fully saturated rings. The summed E-state index contributed by atoms with van der Waals surface area (Å²) >= 11 is -2.61. The Bertz CT molecular complexity index is 37.9. The van der Waals surface area contributed by atoms with E-state index in [0.29, 0.717) is 0 Å². The average molecular weight is 142 g/mol. The Morgan fingerprint density at radius 1 is 1.50 bits per heavy atom. The number of hydrogen-bond donors (Lipinski definition) is 2. The van der Waals surface area contributed by atoms with Crippen molar-refractivity contribution in [3.8, 4) is 0 Å². The maximum absolute atomic E-state index is 8.67. The molecular formula is H4FKO3S. The van der Waals surface area contributed by atoms with Gasteiger partial charge in [-0.05, 0) is 0 Å². The van der Waals surface area contributed by atoms with Crippen LogP contribution < -0.4 is 51.4 Å². The Morgan fingerprint density at radius 2 is 1.50 bits per heavy atom. The molecule has 0 heterocycles. The molecule has 0 aromatic carbocycles.